The van der Waals surface area contributed by atoms with Crippen LogP contribution in [0.5, 0.6) is 0 Å². The molecule has 1 aromatic rings. The molecule has 1 rings (SSSR count). The SMILES string of the molecule is CCCCc1ccc(C(N)=O)cn1. The highest BCUT2D eigenvalue weighted by Gasteiger charge is 1.99. The van der Waals surface area contributed by atoms with E-state index in [2.05, 4.69) is 11.9 Å². The first-order valence-corrected chi connectivity index (χ1v) is 4.48. The van der Waals surface area contributed by atoms with Gasteiger partial charge in [-0.2, -0.15) is 0 Å². The number of aromatic nitrogens is 1. The Bertz CT molecular complexity index is 279. The van der Waals surface area contributed by atoms with Gasteiger partial charge in [0.25, 0.3) is 0 Å². The van der Waals surface area contributed by atoms with Gasteiger partial charge in [0.05, 0.1) is 5.56 Å². The van der Waals surface area contributed by atoms with E-state index >= 15 is 0 Å². The molecule has 0 bridgehead atoms. The second-order valence-electron chi connectivity index (χ2n) is 3.01. The van der Waals surface area contributed by atoms with Crippen LogP contribution in [0.25, 0.3) is 0 Å². The maximum Gasteiger partial charge on any atom is 0.250 e. The fourth-order valence-electron chi connectivity index (χ4n) is 1.08. The molecule has 0 aromatic carbocycles. The summed E-state index contributed by atoms with van der Waals surface area (Å²) in [5.74, 6) is -0.422. The molecule has 0 aliphatic rings. The van der Waals surface area contributed by atoms with E-state index in [1.807, 2.05) is 6.07 Å². The van der Waals surface area contributed by atoms with Crippen molar-refractivity contribution in [1.29, 1.82) is 0 Å². The van der Waals surface area contributed by atoms with Crippen LogP contribution in [0.3, 0.4) is 0 Å². The highest BCUT2D eigenvalue weighted by molar-refractivity contribution is 5.92. The van der Waals surface area contributed by atoms with Gasteiger partial charge in [0, 0.05) is 11.9 Å². The van der Waals surface area contributed by atoms with Gasteiger partial charge in [0.1, 0.15) is 0 Å². The molecule has 3 nitrogen and oxygen atoms in total. The van der Waals surface area contributed by atoms with Crippen molar-refractivity contribution in [1.82, 2.24) is 4.98 Å². The van der Waals surface area contributed by atoms with Gasteiger partial charge >= 0.3 is 0 Å². The molecule has 13 heavy (non-hydrogen) atoms. The van der Waals surface area contributed by atoms with Crippen LogP contribution in [-0.4, -0.2) is 10.9 Å². The number of aryl methyl sites for hydroxylation is 1. The van der Waals surface area contributed by atoms with Crippen LogP contribution in [0.4, 0.5) is 0 Å². The van der Waals surface area contributed by atoms with Crippen molar-refractivity contribution in [2.45, 2.75) is 26.2 Å². The lowest BCUT2D eigenvalue weighted by Crippen LogP contribution is -2.11. The lowest BCUT2D eigenvalue weighted by molar-refractivity contribution is 0.1000. The number of rotatable bonds is 4. The summed E-state index contributed by atoms with van der Waals surface area (Å²) in [6.45, 7) is 2.14. The van der Waals surface area contributed by atoms with E-state index in [1.165, 1.54) is 6.20 Å². The van der Waals surface area contributed by atoms with Gasteiger partial charge in [-0.05, 0) is 25.0 Å². The van der Waals surface area contributed by atoms with Crippen LogP contribution < -0.4 is 5.73 Å². The molecule has 0 aliphatic carbocycles. The molecule has 3 heteroatoms. The van der Waals surface area contributed by atoms with Crippen molar-refractivity contribution in [2.24, 2.45) is 5.73 Å². The molecule has 0 atom stereocenters. The number of primary amides is 1. The number of pyridine rings is 1. The lowest BCUT2D eigenvalue weighted by atomic mass is 10.1. The third kappa shape index (κ3) is 2.86. The van der Waals surface area contributed by atoms with Crippen LogP contribution in [0.2, 0.25) is 0 Å². The van der Waals surface area contributed by atoms with Gasteiger partial charge < -0.3 is 5.73 Å². The minimum absolute atomic E-state index is 0.422. The van der Waals surface area contributed by atoms with Gasteiger partial charge in [-0.3, -0.25) is 9.78 Å². The first-order chi connectivity index (χ1) is 6.24. The van der Waals surface area contributed by atoms with Gasteiger partial charge in [-0.25, -0.2) is 0 Å². The number of nitrogens with two attached hydrogens (primary N) is 1. The molecule has 0 aliphatic heterocycles. The quantitative estimate of drug-likeness (QED) is 0.760. The molecule has 0 radical (unpaired) electrons. The second-order valence-corrected chi connectivity index (χ2v) is 3.01. The Morgan fingerprint density at radius 3 is 2.77 bits per heavy atom. The number of unbranched alkanes of at least 4 members (excludes halogenated alkanes) is 1. The van der Waals surface area contributed by atoms with Gasteiger partial charge in [-0.15, -0.1) is 0 Å². The van der Waals surface area contributed by atoms with E-state index in [1.54, 1.807) is 6.07 Å². The van der Waals surface area contributed by atoms with Crippen molar-refractivity contribution >= 4 is 5.91 Å². The summed E-state index contributed by atoms with van der Waals surface area (Å²) in [7, 11) is 0. The minimum Gasteiger partial charge on any atom is -0.366 e. The molecule has 1 heterocycles. The largest absolute Gasteiger partial charge is 0.366 e. The van der Waals surface area contributed by atoms with E-state index in [9.17, 15) is 4.79 Å². The Kier molecular flexibility index (Phi) is 3.43. The molecule has 0 unspecified atom stereocenters. The normalized spacial score (nSPS) is 9.92. The van der Waals surface area contributed by atoms with E-state index in [0.29, 0.717) is 5.56 Å². The predicted octanol–water partition coefficient (Wildman–Crippen LogP) is 1.52. The average molecular weight is 178 g/mol. The van der Waals surface area contributed by atoms with Gasteiger partial charge in [0.2, 0.25) is 5.91 Å². The van der Waals surface area contributed by atoms with Crippen molar-refractivity contribution in [2.75, 3.05) is 0 Å². The number of hydrogen-bond donors (Lipinski definition) is 1. The summed E-state index contributed by atoms with van der Waals surface area (Å²) in [6, 6.07) is 3.58. The number of carbonyl (C=O) groups excluding carboxylic acids is 1. The highest BCUT2D eigenvalue weighted by atomic mass is 16.1. The molecule has 70 valence electrons. The molecule has 2 N–H and O–H groups in total. The Morgan fingerprint density at radius 1 is 1.54 bits per heavy atom. The highest BCUT2D eigenvalue weighted by Crippen LogP contribution is 2.03. The van der Waals surface area contributed by atoms with Crippen LogP contribution >= 0.6 is 0 Å². The molecule has 0 spiro atoms. The summed E-state index contributed by atoms with van der Waals surface area (Å²) in [5, 5.41) is 0. The molecule has 0 saturated carbocycles. The Morgan fingerprint density at radius 2 is 2.31 bits per heavy atom. The Balaban J connectivity index is 2.64. The molecule has 1 amide bonds. The zero-order valence-corrected chi connectivity index (χ0v) is 7.79. The summed E-state index contributed by atoms with van der Waals surface area (Å²) < 4.78 is 0. The zero-order valence-electron chi connectivity index (χ0n) is 7.79. The molecular weight excluding hydrogens is 164 g/mol. The Labute approximate surface area is 78.0 Å². The van der Waals surface area contributed by atoms with Crippen molar-refractivity contribution < 1.29 is 4.79 Å². The molecule has 0 saturated heterocycles. The van der Waals surface area contributed by atoms with Crippen LogP contribution in [0.15, 0.2) is 18.3 Å². The van der Waals surface area contributed by atoms with E-state index in [4.69, 9.17) is 5.73 Å². The third-order valence-corrected chi connectivity index (χ3v) is 1.90. The lowest BCUT2D eigenvalue weighted by Gasteiger charge is -1.99. The summed E-state index contributed by atoms with van der Waals surface area (Å²) in [5.41, 5.74) is 6.58. The number of hydrogen-bond acceptors (Lipinski definition) is 2. The van der Waals surface area contributed by atoms with Crippen molar-refractivity contribution in [3.8, 4) is 0 Å². The third-order valence-electron chi connectivity index (χ3n) is 1.90. The van der Waals surface area contributed by atoms with E-state index < -0.39 is 5.91 Å². The summed E-state index contributed by atoms with van der Waals surface area (Å²) in [4.78, 5) is 14.8. The Hall–Kier alpha value is -1.38. The van der Waals surface area contributed by atoms with E-state index in [0.717, 1.165) is 25.0 Å². The average Bonchev–Trinajstić information content (AvgIpc) is 2.15. The topological polar surface area (TPSA) is 56.0 Å². The maximum atomic E-state index is 10.7. The van der Waals surface area contributed by atoms with Crippen LogP contribution in [-0.2, 0) is 6.42 Å². The smallest absolute Gasteiger partial charge is 0.250 e. The maximum absolute atomic E-state index is 10.7. The molecule has 0 fully saturated rings. The second kappa shape index (κ2) is 4.60. The van der Waals surface area contributed by atoms with E-state index in [-0.39, 0.29) is 0 Å². The monoisotopic (exact) mass is 178 g/mol. The van der Waals surface area contributed by atoms with Crippen molar-refractivity contribution in [3.63, 3.8) is 0 Å². The summed E-state index contributed by atoms with van der Waals surface area (Å²) in [6.07, 6.45) is 4.78. The number of amides is 1. The first kappa shape index (κ1) is 9.71. The fraction of sp³-hybridized carbons (Fsp3) is 0.400. The van der Waals surface area contributed by atoms with Gasteiger partial charge in [0.15, 0.2) is 0 Å². The van der Waals surface area contributed by atoms with Gasteiger partial charge in [-0.1, -0.05) is 13.3 Å². The number of nitrogens with zero attached hydrogens (tertiary/aromatic N) is 1. The summed E-state index contributed by atoms with van der Waals surface area (Å²) >= 11 is 0. The standard InChI is InChI=1S/C10H14N2O/c1-2-3-4-9-6-5-8(7-12-9)10(11)13/h5-7H,2-4H2,1H3,(H2,11,13). The zero-order chi connectivity index (χ0) is 9.68. The van der Waals surface area contributed by atoms with Crippen LogP contribution in [0.1, 0.15) is 35.8 Å². The van der Waals surface area contributed by atoms with Crippen molar-refractivity contribution in [3.05, 3.63) is 29.6 Å². The van der Waals surface area contributed by atoms with Crippen LogP contribution in [0, 0.1) is 0 Å². The molecular formula is C10H14N2O. The number of carbonyl (C=O) groups is 1. The minimum atomic E-state index is -0.422. The molecule has 1 aromatic heterocycles. The fourth-order valence-corrected chi connectivity index (χ4v) is 1.08. The first-order valence-electron chi connectivity index (χ1n) is 4.48. The predicted molar refractivity (Wildman–Crippen MR) is 51.4 cm³/mol.